The molecule has 178 valence electrons. The van der Waals surface area contributed by atoms with Crippen molar-refractivity contribution >= 4 is 15.8 Å². The van der Waals surface area contributed by atoms with Crippen molar-refractivity contribution in [1.82, 2.24) is 14.2 Å². The van der Waals surface area contributed by atoms with Crippen molar-refractivity contribution in [1.29, 1.82) is 0 Å². The van der Waals surface area contributed by atoms with Crippen molar-refractivity contribution in [3.05, 3.63) is 42.1 Å². The molecule has 9 nitrogen and oxygen atoms in total. The van der Waals surface area contributed by atoms with Gasteiger partial charge in [0.2, 0.25) is 16.8 Å². The van der Waals surface area contributed by atoms with Crippen molar-refractivity contribution in [2.24, 2.45) is 0 Å². The minimum absolute atomic E-state index is 0.133. The number of piperazine rings is 1. The highest BCUT2D eigenvalue weighted by Gasteiger charge is 2.36. The van der Waals surface area contributed by atoms with Crippen molar-refractivity contribution in [2.45, 2.75) is 23.2 Å². The summed E-state index contributed by atoms with van der Waals surface area (Å²) in [6, 6.07) is 9.51. The fourth-order valence-electron chi connectivity index (χ4n) is 4.63. The van der Waals surface area contributed by atoms with Crippen molar-refractivity contribution < 1.29 is 22.6 Å². The van der Waals surface area contributed by atoms with Crippen LogP contribution in [0.1, 0.15) is 18.4 Å². The van der Waals surface area contributed by atoms with Crippen LogP contribution in [0.15, 0.2) is 41.4 Å². The number of hydrogen-bond donors (Lipinski definition) is 1. The van der Waals surface area contributed by atoms with E-state index in [1.165, 1.54) is 16.1 Å². The van der Waals surface area contributed by atoms with E-state index in [2.05, 4.69) is 27.3 Å². The summed E-state index contributed by atoms with van der Waals surface area (Å²) in [5.41, 5.74) is 1.04. The van der Waals surface area contributed by atoms with Crippen molar-refractivity contribution in [2.75, 3.05) is 65.1 Å². The number of ether oxygens (including phenoxy) is 3. The topological polar surface area (TPSA) is 93.2 Å². The quantitative estimate of drug-likeness (QED) is 0.679. The highest BCUT2D eigenvalue weighted by Crippen LogP contribution is 2.41. The molecular formula is C23H30N4O5S. The average molecular weight is 475 g/mol. The van der Waals surface area contributed by atoms with Gasteiger partial charge in [0.05, 0.1) is 0 Å². The van der Waals surface area contributed by atoms with E-state index in [4.69, 9.17) is 14.2 Å². The Labute approximate surface area is 194 Å². The van der Waals surface area contributed by atoms with Gasteiger partial charge in [0.15, 0.2) is 11.5 Å². The number of fused-ring (bicyclic) bond motifs is 1. The summed E-state index contributed by atoms with van der Waals surface area (Å²) in [5, 5.41) is 3.43. The molecule has 2 saturated heterocycles. The molecule has 0 aliphatic carbocycles. The monoisotopic (exact) mass is 474 g/mol. The smallest absolute Gasteiger partial charge is 0.244 e. The van der Waals surface area contributed by atoms with Crippen LogP contribution in [0.25, 0.3) is 0 Å². The van der Waals surface area contributed by atoms with Gasteiger partial charge in [-0.15, -0.1) is 0 Å². The fourth-order valence-corrected chi connectivity index (χ4v) is 6.00. The maximum Gasteiger partial charge on any atom is 0.244 e. The van der Waals surface area contributed by atoms with E-state index in [9.17, 15) is 8.42 Å². The Morgan fingerprint density at radius 1 is 1.03 bits per heavy atom. The van der Waals surface area contributed by atoms with E-state index in [-0.39, 0.29) is 17.1 Å². The Hall–Kier alpha value is -2.40. The molecule has 1 aromatic carbocycles. The average Bonchev–Trinajstić information content (AvgIpc) is 3.32. The Morgan fingerprint density at radius 2 is 1.79 bits per heavy atom. The molecule has 33 heavy (non-hydrogen) atoms. The predicted molar refractivity (Wildman–Crippen MR) is 123 cm³/mol. The maximum atomic E-state index is 13.0. The zero-order valence-corrected chi connectivity index (χ0v) is 19.6. The number of rotatable bonds is 6. The minimum Gasteiger partial charge on any atom is -0.454 e. The van der Waals surface area contributed by atoms with Gasteiger partial charge in [-0.2, -0.15) is 4.31 Å². The largest absolute Gasteiger partial charge is 0.454 e. The molecule has 0 amide bonds. The second kappa shape index (κ2) is 9.09. The molecule has 5 rings (SSSR count). The molecule has 0 bridgehead atoms. The first kappa shape index (κ1) is 22.4. The molecular weight excluding hydrogens is 444 g/mol. The maximum absolute atomic E-state index is 13.0. The van der Waals surface area contributed by atoms with Crippen molar-refractivity contribution in [3.63, 3.8) is 0 Å². The van der Waals surface area contributed by atoms with Crippen LogP contribution < -0.4 is 14.8 Å². The molecule has 3 aliphatic rings. The van der Waals surface area contributed by atoms with Gasteiger partial charge in [-0.1, -0.05) is 6.07 Å². The number of sulfonamides is 1. The van der Waals surface area contributed by atoms with Crippen LogP contribution in [0.5, 0.6) is 11.5 Å². The number of nitrogens with zero attached hydrogens (tertiary/aromatic N) is 3. The fraction of sp³-hybridized carbons (Fsp3) is 0.522. The molecule has 1 N–H and O–H groups in total. The third-order valence-corrected chi connectivity index (χ3v) is 8.76. The highest BCUT2D eigenvalue weighted by molar-refractivity contribution is 7.89. The Morgan fingerprint density at radius 3 is 2.52 bits per heavy atom. The van der Waals surface area contributed by atoms with Gasteiger partial charge in [-0.3, -0.25) is 0 Å². The van der Waals surface area contributed by atoms with Crippen molar-refractivity contribution in [3.8, 4) is 11.5 Å². The number of aromatic nitrogens is 1. The number of nitrogens with one attached hydrogen (secondary N) is 1. The first-order chi connectivity index (χ1) is 16.0. The van der Waals surface area contributed by atoms with Crippen LogP contribution in [0.4, 0.5) is 5.82 Å². The van der Waals surface area contributed by atoms with Crippen LogP contribution in [-0.4, -0.2) is 82.4 Å². The number of likely N-dealkylation sites (N-methyl/N-ethyl adjacent to an activating group) is 1. The number of anilines is 1. The SMILES string of the molecule is CN1CCN(S(=O)(=O)c2ccc(NCC3(c4ccc5c(c4)OCO5)CCOCC3)nc2)CC1. The number of hydrogen-bond acceptors (Lipinski definition) is 8. The molecule has 10 heteroatoms. The molecule has 3 aliphatic heterocycles. The van der Waals surface area contributed by atoms with Crippen LogP contribution in [0.2, 0.25) is 0 Å². The zero-order chi connectivity index (χ0) is 22.9. The third-order valence-electron chi connectivity index (χ3n) is 6.88. The molecule has 4 heterocycles. The number of pyridine rings is 1. The van der Waals surface area contributed by atoms with Gasteiger partial charge < -0.3 is 24.4 Å². The second-order valence-corrected chi connectivity index (χ2v) is 10.8. The van der Waals surface area contributed by atoms with E-state index in [1.807, 2.05) is 13.1 Å². The van der Waals surface area contributed by atoms with Crippen LogP contribution in [-0.2, 0) is 20.2 Å². The Balaban J connectivity index is 1.30. The molecule has 1 aromatic heterocycles. The van der Waals surface area contributed by atoms with Gasteiger partial charge in [-0.25, -0.2) is 13.4 Å². The van der Waals surface area contributed by atoms with E-state index in [1.54, 1.807) is 12.1 Å². The molecule has 0 spiro atoms. The van der Waals surface area contributed by atoms with E-state index < -0.39 is 10.0 Å². The minimum atomic E-state index is -3.52. The lowest BCUT2D eigenvalue weighted by molar-refractivity contribution is 0.0543. The lowest BCUT2D eigenvalue weighted by atomic mass is 9.74. The number of benzene rings is 1. The summed E-state index contributed by atoms with van der Waals surface area (Å²) in [4.78, 5) is 6.78. The first-order valence-corrected chi connectivity index (χ1v) is 12.8. The lowest BCUT2D eigenvalue weighted by Crippen LogP contribution is -2.47. The highest BCUT2D eigenvalue weighted by atomic mass is 32.2. The molecule has 0 atom stereocenters. The molecule has 0 saturated carbocycles. The lowest BCUT2D eigenvalue weighted by Gasteiger charge is -2.38. The van der Waals surface area contributed by atoms with Gasteiger partial charge in [0.25, 0.3) is 0 Å². The summed E-state index contributed by atoms with van der Waals surface area (Å²) < 4.78 is 44.1. The van der Waals surface area contributed by atoms with Crippen LogP contribution in [0.3, 0.4) is 0 Å². The first-order valence-electron chi connectivity index (χ1n) is 11.3. The standard InChI is InChI=1S/C23H30N4O5S/c1-26-8-10-27(11-9-26)33(28,29)19-3-5-22(24-15-19)25-16-23(6-12-30-13-7-23)18-2-4-20-21(14-18)32-17-31-20/h2-5,14-15H,6-13,16-17H2,1H3,(H,24,25). The molecule has 0 unspecified atom stereocenters. The summed E-state index contributed by atoms with van der Waals surface area (Å²) in [6.07, 6.45) is 3.19. The molecule has 2 fully saturated rings. The van der Waals surface area contributed by atoms with Gasteiger partial charge >= 0.3 is 0 Å². The van der Waals surface area contributed by atoms with Gasteiger partial charge in [-0.05, 0) is 49.7 Å². The van der Waals surface area contributed by atoms with E-state index >= 15 is 0 Å². The predicted octanol–water partition coefficient (Wildman–Crippen LogP) is 1.91. The Kier molecular flexibility index (Phi) is 6.17. The van der Waals surface area contributed by atoms with Gasteiger partial charge in [0.1, 0.15) is 10.7 Å². The van der Waals surface area contributed by atoms with Crippen LogP contribution >= 0.6 is 0 Å². The van der Waals surface area contributed by atoms with E-state index in [0.717, 1.165) is 37.4 Å². The normalized spacial score (nSPS) is 21.1. The summed E-state index contributed by atoms with van der Waals surface area (Å²) >= 11 is 0. The Bertz CT molecular complexity index is 1080. The zero-order valence-electron chi connectivity index (χ0n) is 18.8. The summed E-state index contributed by atoms with van der Waals surface area (Å²) in [7, 11) is -1.52. The third kappa shape index (κ3) is 4.52. The van der Waals surface area contributed by atoms with Crippen LogP contribution in [0, 0.1) is 0 Å². The second-order valence-electron chi connectivity index (χ2n) is 8.90. The van der Waals surface area contributed by atoms with Gasteiger partial charge in [0, 0.05) is 57.5 Å². The molecule has 0 radical (unpaired) electrons. The van der Waals surface area contributed by atoms with E-state index in [0.29, 0.717) is 38.7 Å². The summed E-state index contributed by atoms with van der Waals surface area (Å²) in [5.74, 6) is 2.20. The molecule has 2 aromatic rings. The summed E-state index contributed by atoms with van der Waals surface area (Å²) in [6.45, 7) is 4.75.